The summed E-state index contributed by atoms with van der Waals surface area (Å²) >= 11 is 12.1. The topological polar surface area (TPSA) is 29.1 Å². The van der Waals surface area contributed by atoms with Gasteiger partial charge in [-0.1, -0.05) is 78.7 Å². The monoisotopic (exact) mass is 407 g/mol. The van der Waals surface area contributed by atoms with E-state index in [0.29, 0.717) is 15.7 Å². The molecule has 3 aliphatic carbocycles. The molecule has 3 aliphatic rings. The highest BCUT2D eigenvalue weighted by molar-refractivity contribution is 6.42. The first-order valence-corrected chi connectivity index (χ1v) is 10.3. The molecule has 0 aromatic heterocycles. The minimum absolute atomic E-state index is 0.0323. The first-order valence-electron chi connectivity index (χ1n) is 9.50. The van der Waals surface area contributed by atoms with Crippen LogP contribution >= 0.6 is 23.2 Å². The van der Waals surface area contributed by atoms with Gasteiger partial charge in [0.25, 0.3) is 0 Å². The molecule has 1 N–H and O–H groups in total. The zero-order valence-electron chi connectivity index (χ0n) is 15.3. The fourth-order valence-corrected chi connectivity index (χ4v) is 5.44. The lowest BCUT2D eigenvalue weighted by atomic mass is 9.54. The number of hydrogen-bond acceptors (Lipinski definition) is 1. The first kappa shape index (κ1) is 17.8. The zero-order valence-corrected chi connectivity index (χ0v) is 16.8. The summed E-state index contributed by atoms with van der Waals surface area (Å²) in [5.41, 5.74) is 5.95. The summed E-state index contributed by atoms with van der Waals surface area (Å²) in [7, 11) is 0. The van der Waals surface area contributed by atoms with Crippen LogP contribution in [-0.4, -0.2) is 5.91 Å². The summed E-state index contributed by atoms with van der Waals surface area (Å²) in [6, 6.07) is 22.3. The van der Waals surface area contributed by atoms with Crippen molar-refractivity contribution in [2.45, 2.75) is 18.8 Å². The summed E-state index contributed by atoms with van der Waals surface area (Å²) in [5, 5.41) is 3.99. The second-order valence-electron chi connectivity index (χ2n) is 7.72. The zero-order chi connectivity index (χ0) is 19.4. The predicted molar refractivity (Wildman–Crippen MR) is 114 cm³/mol. The molecule has 3 aromatic rings. The average Bonchev–Trinajstić information content (AvgIpc) is 2.70. The Labute approximate surface area is 174 Å². The average molecular weight is 408 g/mol. The van der Waals surface area contributed by atoms with Crippen molar-refractivity contribution in [1.29, 1.82) is 0 Å². The molecule has 3 aromatic carbocycles. The normalized spacial score (nSPS) is 24.4. The number of hydrogen-bond donors (Lipinski definition) is 1. The van der Waals surface area contributed by atoms with Crippen LogP contribution in [0.3, 0.4) is 0 Å². The summed E-state index contributed by atoms with van der Waals surface area (Å²) < 4.78 is 0. The molecular formula is C24H19Cl2NO. The highest BCUT2D eigenvalue weighted by Gasteiger charge is 2.50. The van der Waals surface area contributed by atoms with Crippen LogP contribution in [0.25, 0.3) is 0 Å². The second kappa shape index (κ2) is 6.65. The van der Waals surface area contributed by atoms with Gasteiger partial charge < -0.3 is 5.32 Å². The molecule has 0 unspecified atom stereocenters. The van der Waals surface area contributed by atoms with Gasteiger partial charge in [-0.15, -0.1) is 0 Å². The Hall–Kier alpha value is -2.29. The van der Waals surface area contributed by atoms with Gasteiger partial charge in [0.2, 0.25) is 5.91 Å². The number of nitrogens with one attached hydrogen (secondary N) is 1. The fraction of sp³-hybridized carbons (Fsp3) is 0.208. The van der Waals surface area contributed by atoms with Crippen molar-refractivity contribution in [2.24, 2.45) is 11.8 Å². The summed E-state index contributed by atoms with van der Waals surface area (Å²) in [6.45, 7) is 2.20. The lowest BCUT2D eigenvalue weighted by molar-refractivity contribution is -0.122. The van der Waals surface area contributed by atoms with Gasteiger partial charge in [-0.05, 0) is 46.4 Å². The smallest absolute Gasteiger partial charge is 0.228 e. The maximum atomic E-state index is 13.4. The van der Waals surface area contributed by atoms with Crippen LogP contribution in [0.2, 0.25) is 10.0 Å². The quantitative estimate of drug-likeness (QED) is 0.517. The molecular weight excluding hydrogens is 389 g/mol. The third-order valence-corrected chi connectivity index (χ3v) is 7.01. The lowest BCUT2D eigenvalue weighted by Gasteiger charge is -2.49. The summed E-state index contributed by atoms with van der Waals surface area (Å²) in [4.78, 5) is 13.4. The molecule has 0 heterocycles. The van der Waals surface area contributed by atoms with Gasteiger partial charge in [0.05, 0.1) is 16.0 Å². The molecule has 28 heavy (non-hydrogen) atoms. The molecule has 0 fully saturated rings. The number of carbonyl (C=O) groups is 1. The largest absolute Gasteiger partial charge is 0.326 e. The number of carbonyl (C=O) groups excluding carboxylic acids is 1. The molecule has 2 nitrogen and oxygen atoms in total. The van der Waals surface area contributed by atoms with E-state index >= 15 is 0 Å². The van der Waals surface area contributed by atoms with E-state index in [9.17, 15) is 4.79 Å². The van der Waals surface area contributed by atoms with Gasteiger partial charge in [-0.3, -0.25) is 4.79 Å². The molecule has 4 heteroatoms. The Morgan fingerprint density at radius 3 is 1.86 bits per heavy atom. The minimum Gasteiger partial charge on any atom is -0.326 e. The van der Waals surface area contributed by atoms with Crippen molar-refractivity contribution in [3.05, 3.63) is 99.0 Å². The van der Waals surface area contributed by atoms with Crippen LogP contribution in [-0.2, 0) is 4.79 Å². The molecule has 0 saturated heterocycles. The van der Waals surface area contributed by atoms with Gasteiger partial charge >= 0.3 is 0 Å². The number of anilines is 1. The van der Waals surface area contributed by atoms with Gasteiger partial charge in [-0.25, -0.2) is 0 Å². The molecule has 2 bridgehead atoms. The SMILES string of the molecule is C[C@H]1C2c3ccccc3C(c3ccccc32)[C@@H]1C(=O)Nc1ccc(Cl)c(Cl)c1. The maximum absolute atomic E-state index is 13.4. The third kappa shape index (κ3) is 2.59. The highest BCUT2D eigenvalue weighted by Crippen LogP contribution is 2.58. The van der Waals surface area contributed by atoms with E-state index < -0.39 is 0 Å². The minimum atomic E-state index is -0.135. The van der Waals surface area contributed by atoms with Crippen molar-refractivity contribution in [3.8, 4) is 0 Å². The van der Waals surface area contributed by atoms with E-state index in [0.717, 1.165) is 0 Å². The van der Waals surface area contributed by atoms with Crippen LogP contribution in [0.1, 0.15) is 41.0 Å². The number of benzene rings is 3. The molecule has 0 spiro atoms. The fourth-order valence-electron chi connectivity index (χ4n) is 5.14. The van der Waals surface area contributed by atoms with Crippen molar-refractivity contribution in [3.63, 3.8) is 0 Å². The molecule has 0 radical (unpaired) electrons. The predicted octanol–water partition coefficient (Wildman–Crippen LogP) is 6.48. The Morgan fingerprint density at radius 2 is 1.32 bits per heavy atom. The Bertz CT molecular complexity index is 1050. The molecule has 6 rings (SSSR count). The first-order chi connectivity index (χ1) is 13.6. The molecule has 140 valence electrons. The third-order valence-electron chi connectivity index (χ3n) is 6.27. The van der Waals surface area contributed by atoms with E-state index in [-0.39, 0.29) is 29.6 Å². The van der Waals surface area contributed by atoms with Gasteiger partial charge in [0.1, 0.15) is 0 Å². The molecule has 2 atom stereocenters. The van der Waals surface area contributed by atoms with Crippen molar-refractivity contribution in [2.75, 3.05) is 5.32 Å². The molecule has 1 amide bonds. The Balaban J connectivity index is 1.57. The standard InChI is InChI=1S/C24H19Cl2NO/c1-13-21-15-6-2-4-8-17(15)23(18-9-5-3-7-16(18)21)22(13)24(28)27-14-10-11-19(25)20(26)12-14/h2-13,21-23H,1H3,(H,27,28)/t13-,21?,22+,23?/m0/s1. The molecule has 0 saturated carbocycles. The van der Waals surface area contributed by atoms with Crippen LogP contribution < -0.4 is 5.32 Å². The van der Waals surface area contributed by atoms with Gasteiger partial charge in [0.15, 0.2) is 0 Å². The lowest BCUT2D eigenvalue weighted by Crippen LogP contribution is -2.44. The van der Waals surface area contributed by atoms with E-state index in [4.69, 9.17) is 23.2 Å². The van der Waals surface area contributed by atoms with Crippen LogP contribution in [0, 0.1) is 11.8 Å². The molecule has 0 aliphatic heterocycles. The number of amides is 1. The Kier molecular flexibility index (Phi) is 4.22. The van der Waals surface area contributed by atoms with Crippen LogP contribution in [0.5, 0.6) is 0 Å². The summed E-state index contributed by atoms with van der Waals surface area (Å²) in [5.74, 6) is 0.406. The van der Waals surface area contributed by atoms with Gasteiger partial charge in [0, 0.05) is 17.5 Å². The summed E-state index contributed by atoms with van der Waals surface area (Å²) in [6.07, 6.45) is 0. The maximum Gasteiger partial charge on any atom is 0.228 e. The number of rotatable bonds is 2. The highest BCUT2D eigenvalue weighted by atomic mass is 35.5. The van der Waals surface area contributed by atoms with E-state index in [1.54, 1.807) is 18.2 Å². The van der Waals surface area contributed by atoms with Crippen molar-refractivity contribution in [1.82, 2.24) is 0 Å². The second-order valence-corrected chi connectivity index (χ2v) is 8.53. The van der Waals surface area contributed by atoms with Gasteiger partial charge in [-0.2, -0.15) is 0 Å². The Morgan fingerprint density at radius 1 is 0.786 bits per heavy atom. The van der Waals surface area contributed by atoms with Crippen molar-refractivity contribution < 1.29 is 4.79 Å². The number of fused-ring (bicyclic) bond motifs is 1. The van der Waals surface area contributed by atoms with Crippen LogP contribution in [0.4, 0.5) is 5.69 Å². The number of halogens is 2. The van der Waals surface area contributed by atoms with E-state index in [1.807, 2.05) is 0 Å². The van der Waals surface area contributed by atoms with Crippen LogP contribution in [0.15, 0.2) is 66.7 Å². The van der Waals surface area contributed by atoms with E-state index in [2.05, 4.69) is 60.8 Å². The van der Waals surface area contributed by atoms with Crippen molar-refractivity contribution >= 4 is 34.8 Å². The van der Waals surface area contributed by atoms with E-state index in [1.165, 1.54) is 22.3 Å².